The van der Waals surface area contributed by atoms with Crippen molar-refractivity contribution in [1.29, 1.82) is 0 Å². The second-order valence-electron chi connectivity index (χ2n) is 6.69. The van der Waals surface area contributed by atoms with Gasteiger partial charge in [0.1, 0.15) is 0 Å². The zero-order valence-corrected chi connectivity index (χ0v) is 17.5. The topological polar surface area (TPSA) is 6.48 Å². The molecule has 0 radical (unpaired) electrons. The van der Waals surface area contributed by atoms with Crippen LogP contribution in [0.4, 0.5) is 8.78 Å². The summed E-state index contributed by atoms with van der Waals surface area (Å²) in [6.45, 7) is 17.1. The van der Waals surface area contributed by atoms with Crippen LogP contribution in [0.5, 0.6) is 0 Å². The molecule has 0 N–H and O–H groups in total. The number of piperidine rings is 2. The van der Waals surface area contributed by atoms with Crippen LogP contribution in [0.2, 0.25) is 0 Å². The summed E-state index contributed by atoms with van der Waals surface area (Å²) in [5, 5.41) is 0. The highest BCUT2D eigenvalue weighted by Crippen LogP contribution is 2.33. The Hall–Kier alpha value is -0.660. The highest BCUT2D eigenvalue weighted by molar-refractivity contribution is 5.07. The molecule has 2 aliphatic heterocycles. The molecule has 2 saturated heterocycles. The third-order valence-corrected chi connectivity index (χ3v) is 4.63. The smallest absolute Gasteiger partial charge is 0.275 e. The minimum Gasteiger partial charge on any atom is -0.298 e. The molecule has 2 rings (SSSR count). The molecule has 4 heteroatoms. The molecule has 0 saturated carbocycles. The second-order valence-corrected chi connectivity index (χ2v) is 6.69. The molecule has 148 valence electrons. The lowest BCUT2D eigenvalue weighted by Crippen LogP contribution is -2.59. The zero-order valence-electron chi connectivity index (χ0n) is 17.5. The van der Waals surface area contributed by atoms with Crippen molar-refractivity contribution in [3.05, 3.63) is 0 Å². The van der Waals surface area contributed by atoms with E-state index in [1.165, 1.54) is 0 Å². The molecule has 0 aromatic carbocycles. The molecular formula is C21H40F2N2. The molecule has 2 fully saturated rings. The number of likely N-dealkylation sites (tertiary alicyclic amines) is 2. The lowest BCUT2D eigenvalue weighted by atomic mass is 9.92. The van der Waals surface area contributed by atoms with Gasteiger partial charge >= 0.3 is 0 Å². The van der Waals surface area contributed by atoms with Crippen LogP contribution >= 0.6 is 0 Å². The average Bonchev–Trinajstić information content (AvgIpc) is 2.63. The van der Waals surface area contributed by atoms with Crippen LogP contribution < -0.4 is 0 Å². The van der Waals surface area contributed by atoms with Crippen molar-refractivity contribution in [3.63, 3.8) is 0 Å². The fraction of sp³-hybridized carbons (Fsp3) is 0.905. The van der Waals surface area contributed by atoms with E-state index in [1.807, 2.05) is 44.4 Å². The van der Waals surface area contributed by atoms with Gasteiger partial charge in [0.15, 0.2) is 0 Å². The van der Waals surface area contributed by atoms with E-state index < -0.39 is 12.0 Å². The van der Waals surface area contributed by atoms with E-state index in [1.54, 1.807) is 0 Å². The normalized spacial score (nSPS) is 24.3. The number of nitrogens with zero attached hydrogens (tertiary/aromatic N) is 2. The predicted octanol–water partition coefficient (Wildman–Crippen LogP) is 5.14. The predicted molar refractivity (Wildman–Crippen MR) is 105 cm³/mol. The molecule has 25 heavy (non-hydrogen) atoms. The maximum Gasteiger partial charge on any atom is 0.275 e. The third kappa shape index (κ3) is 8.05. The molecule has 0 aromatic rings. The number of hydrogen-bond donors (Lipinski definition) is 0. The SMILES string of the molecule is CC.CC.CCN1CCC(N2CCC(C#CC(C)C)CC2)C(F)(F)C1. The Morgan fingerprint density at radius 1 is 1.00 bits per heavy atom. The number of rotatable bonds is 2. The van der Waals surface area contributed by atoms with Crippen LogP contribution in [0.15, 0.2) is 0 Å². The van der Waals surface area contributed by atoms with Gasteiger partial charge in [0.25, 0.3) is 5.92 Å². The summed E-state index contributed by atoms with van der Waals surface area (Å²) in [6.07, 6.45) is 2.46. The van der Waals surface area contributed by atoms with Gasteiger partial charge in [0.05, 0.1) is 12.6 Å². The van der Waals surface area contributed by atoms with Crippen molar-refractivity contribution in [3.8, 4) is 11.8 Å². The van der Waals surface area contributed by atoms with Gasteiger partial charge in [-0.15, -0.1) is 5.92 Å². The van der Waals surface area contributed by atoms with Gasteiger partial charge in [-0.25, -0.2) is 8.78 Å². The van der Waals surface area contributed by atoms with Crippen LogP contribution in [-0.4, -0.2) is 54.5 Å². The summed E-state index contributed by atoms with van der Waals surface area (Å²) in [5.74, 6) is 4.74. The number of halogens is 2. The first-order valence-electron chi connectivity index (χ1n) is 10.3. The minimum absolute atomic E-state index is 0.0821. The summed E-state index contributed by atoms with van der Waals surface area (Å²) >= 11 is 0. The maximum absolute atomic E-state index is 14.3. The highest BCUT2D eigenvalue weighted by Gasteiger charge is 2.47. The van der Waals surface area contributed by atoms with Crippen molar-refractivity contribution in [1.82, 2.24) is 9.80 Å². The molecular weight excluding hydrogens is 318 g/mol. The summed E-state index contributed by atoms with van der Waals surface area (Å²) in [4.78, 5) is 3.87. The average molecular weight is 359 g/mol. The van der Waals surface area contributed by atoms with Gasteiger partial charge in [-0.2, -0.15) is 0 Å². The Bertz CT molecular complexity index is 390. The summed E-state index contributed by atoms with van der Waals surface area (Å²) in [6, 6.07) is -0.570. The first-order valence-corrected chi connectivity index (χ1v) is 10.3. The Labute approximate surface area is 155 Å². The van der Waals surface area contributed by atoms with Crippen LogP contribution in [0.1, 0.15) is 67.7 Å². The molecule has 2 aliphatic rings. The monoisotopic (exact) mass is 358 g/mol. The molecule has 2 heterocycles. The Kier molecular flexibility index (Phi) is 12.3. The Balaban J connectivity index is 0.00000134. The largest absolute Gasteiger partial charge is 0.298 e. The lowest BCUT2D eigenvalue weighted by molar-refractivity contribution is -0.130. The van der Waals surface area contributed by atoms with Crippen LogP contribution in [0, 0.1) is 23.7 Å². The quantitative estimate of drug-likeness (QED) is 0.631. The van der Waals surface area contributed by atoms with E-state index in [-0.39, 0.29) is 6.54 Å². The first kappa shape index (κ1) is 24.3. The van der Waals surface area contributed by atoms with Gasteiger partial charge in [0, 0.05) is 18.4 Å². The van der Waals surface area contributed by atoms with E-state index in [4.69, 9.17) is 0 Å². The van der Waals surface area contributed by atoms with Crippen molar-refractivity contribution in [2.45, 2.75) is 79.7 Å². The molecule has 1 atom stereocenters. The molecule has 0 spiro atoms. The maximum atomic E-state index is 14.3. The zero-order chi connectivity index (χ0) is 19.5. The van der Waals surface area contributed by atoms with E-state index in [0.717, 1.165) is 39.0 Å². The van der Waals surface area contributed by atoms with Crippen molar-refractivity contribution >= 4 is 0 Å². The third-order valence-electron chi connectivity index (χ3n) is 4.63. The standard InChI is InChI=1S/C17H28F2N2.2C2H6/c1-4-20-10-9-16(17(18,19)13-20)21-11-7-15(8-12-21)6-5-14(2)3;2*1-2/h14-16H,4,7-13H2,1-3H3;2*1-2H3. The van der Waals surface area contributed by atoms with E-state index in [9.17, 15) is 8.78 Å². The van der Waals surface area contributed by atoms with Crippen LogP contribution in [-0.2, 0) is 0 Å². The van der Waals surface area contributed by atoms with E-state index in [0.29, 0.717) is 18.3 Å². The van der Waals surface area contributed by atoms with Crippen molar-refractivity contribution in [2.75, 3.05) is 32.7 Å². The van der Waals surface area contributed by atoms with Gasteiger partial charge in [0.2, 0.25) is 0 Å². The fourth-order valence-electron chi connectivity index (χ4n) is 3.36. The molecule has 1 unspecified atom stereocenters. The van der Waals surface area contributed by atoms with Crippen molar-refractivity contribution < 1.29 is 8.78 Å². The molecule has 0 amide bonds. The van der Waals surface area contributed by atoms with Gasteiger partial charge in [-0.1, -0.05) is 54.4 Å². The van der Waals surface area contributed by atoms with Crippen LogP contribution in [0.25, 0.3) is 0 Å². The van der Waals surface area contributed by atoms with E-state index >= 15 is 0 Å². The van der Waals surface area contributed by atoms with E-state index in [2.05, 4.69) is 25.7 Å². The summed E-state index contributed by atoms with van der Waals surface area (Å²) in [5.41, 5.74) is 0. The lowest BCUT2D eigenvalue weighted by Gasteiger charge is -2.45. The molecule has 2 nitrogen and oxygen atoms in total. The number of hydrogen-bond acceptors (Lipinski definition) is 2. The molecule has 0 aromatic heterocycles. The van der Waals surface area contributed by atoms with Gasteiger partial charge < -0.3 is 0 Å². The first-order chi connectivity index (χ1) is 11.9. The van der Waals surface area contributed by atoms with Crippen molar-refractivity contribution in [2.24, 2.45) is 11.8 Å². The second kappa shape index (κ2) is 12.7. The molecule has 0 bridgehead atoms. The van der Waals surface area contributed by atoms with Gasteiger partial charge in [-0.3, -0.25) is 9.80 Å². The van der Waals surface area contributed by atoms with Crippen LogP contribution in [0.3, 0.4) is 0 Å². The Morgan fingerprint density at radius 3 is 2.00 bits per heavy atom. The highest BCUT2D eigenvalue weighted by atomic mass is 19.3. The Morgan fingerprint density at radius 2 is 1.56 bits per heavy atom. The number of alkyl halides is 2. The fourth-order valence-corrected chi connectivity index (χ4v) is 3.36. The summed E-state index contributed by atoms with van der Waals surface area (Å²) in [7, 11) is 0. The minimum atomic E-state index is -2.58. The van der Waals surface area contributed by atoms with Gasteiger partial charge in [-0.05, 0) is 38.9 Å². The molecule has 0 aliphatic carbocycles. The summed E-state index contributed by atoms with van der Waals surface area (Å²) < 4.78 is 28.7.